The Bertz CT molecular complexity index is 1240. The van der Waals surface area contributed by atoms with Crippen molar-refractivity contribution >= 4 is 25.8 Å². The van der Waals surface area contributed by atoms with Crippen molar-refractivity contribution in [3.8, 4) is 5.88 Å². The zero-order chi connectivity index (χ0) is 24.0. The fourth-order valence-corrected chi connectivity index (χ4v) is 5.31. The highest BCUT2D eigenvalue weighted by Gasteiger charge is 2.31. The van der Waals surface area contributed by atoms with Crippen molar-refractivity contribution in [3.05, 3.63) is 80.8 Å². The first-order valence-electron chi connectivity index (χ1n) is 10.7. The van der Waals surface area contributed by atoms with E-state index in [1.807, 2.05) is 30.3 Å². The number of rotatable bonds is 10. The minimum atomic E-state index is -4.32. The zero-order valence-corrected chi connectivity index (χ0v) is 21.0. The van der Waals surface area contributed by atoms with Gasteiger partial charge in [-0.3, -0.25) is 9.36 Å². The first-order valence-corrected chi connectivity index (χ1v) is 13.0. The maximum atomic E-state index is 13.7. The van der Waals surface area contributed by atoms with Crippen LogP contribution in [-0.4, -0.2) is 36.8 Å². The molecule has 0 spiro atoms. The molecule has 0 saturated heterocycles. The van der Waals surface area contributed by atoms with E-state index < -0.39 is 32.2 Å². The van der Waals surface area contributed by atoms with Crippen LogP contribution in [0.2, 0.25) is 0 Å². The summed E-state index contributed by atoms with van der Waals surface area (Å²) in [5, 5.41) is 10.6. The van der Waals surface area contributed by atoms with Gasteiger partial charge >= 0.3 is 0 Å². The summed E-state index contributed by atoms with van der Waals surface area (Å²) in [7, 11) is -2.80. The van der Waals surface area contributed by atoms with Crippen molar-refractivity contribution in [3.63, 3.8) is 0 Å². The SMILES string of the molecule is CCCCCc1nc(O)c(S(=O)(=O)c2ccc(Br)cc2)c(=O)n1C(COC)c1ccccc1. The molecule has 0 bridgehead atoms. The predicted octanol–water partition coefficient (Wildman–Crippen LogP) is 4.51. The number of halogens is 1. The maximum absolute atomic E-state index is 13.7. The summed E-state index contributed by atoms with van der Waals surface area (Å²) >= 11 is 3.27. The second-order valence-corrected chi connectivity index (χ2v) is 10.5. The standard InChI is InChI=1S/C24H27BrN2O5S/c1-3-4-6-11-21-26-23(28)22(33(30,31)19-14-12-18(25)13-15-19)24(29)27(21)20(16-32-2)17-9-7-5-8-10-17/h5,7-10,12-15,20,28H,3-4,6,11,16H2,1-2H3. The molecule has 1 atom stereocenters. The van der Waals surface area contributed by atoms with Crippen LogP contribution in [0.3, 0.4) is 0 Å². The predicted molar refractivity (Wildman–Crippen MR) is 129 cm³/mol. The summed E-state index contributed by atoms with van der Waals surface area (Å²) in [5.74, 6) is -0.457. The third-order valence-electron chi connectivity index (χ3n) is 5.35. The van der Waals surface area contributed by atoms with Crippen LogP contribution < -0.4 is 5.56 Å². The molecule has 3 rings (SSSR count). The molecule has 0 amide bonds. The van der Waals surface area contributed by atoms with E-state index in [0.29, 0.717) is 16.7 Å². The van der Waals surface area contributed by atoms with Crippen molar-refractivity contribution in [1.29, 1.82) is 0 Å². The number of aromatic nitrogens is 2. The van der Waals surface area contributed by atoms with Crippen molar-refractivity contribution < 1.29 is 18.3 Å². The third-order valence-corrected chi connectivity index (χ3v) is 7.66. The Balaban J connectivity index is 2.27. The second kappa shape index (κ2) is 11.1. The van der Waals surface area contributed by atoms with Crippen LogP contribution in [0.4, 0.5) is 0 Å². The number of ether oxygens (including phenoxy) is 1. The minimum absolute atomic E-state index is 0.104. The topological polar surface area (TPSA) is 98.5 Å². The van der Waals surface area contributed by atoms with Crippen LogP contribution in [-0.2, 0) is 21.0 Å². The molecule has 1 N–H and O–H groups in total. The number of sulfone groups is 1. The van der Waals surface area contributed by atoms with Gasteiger partial charge in [0.25, 0.3) is 5.56 Å². The number of hydrogen-bond donors (Lipinski definition) is 1. The number of hydrogen-bond acceptors (Lipinski definition) is 6. The second-order valence-electron chi connectivity index (χ2n) is 7.65. The Morgan fingerprint density at radius 2 is 1.76 bits per heavy atom. The monoisotopic (exact) mass is 534 g/mol. The van der Waals surface area contributed by atoms with Gasteiger partial charge in [0.1, 0.15) is 5.82 Å². The average molecular weight is 535 g/mol. The summed E-state index contributed by atoms with van der Waals surface area (Å²) in [6.45, 7) is 2.19. The summed E-state index contributed by atoms with van der Waals surface area (Å²) in [6.07, 6.45) is 3.04. The van der Waals surface area contributed by atoms with Crippen molar-refractivity contribution in [2.45, 2.75) is 48.4 Å². The molecule has 0 aliphatic carbocycles. The summed E-state index contributed by atoms with van der Waals surface area (Å²) in [6, 6.07) is 14.5. The Kier molecular flexibility index (Phi) is 8.45. The van der Waals surface area contributed by atoms with E-state index in [4.69, 9.17) is 4.74 Å². The molecule has 1 unspecified atom stereocenters. The summed E-state index contributed by atoms with van der Waals surface area (Å²) < 4.78 is 34.2. The van der Waals surface area contributed by atoms with E-state index in [0.717, 1.165) is 24.8 Å². The van der Waals surface area contributed by atoms with Gasteiger partial charge in [-0.1, -0.05) is 66.0 Å². The smallest absolute Gasteiger partial charge is 0.277 e. The van der Waals surface area contributed by atoms with Crippen molar-refractivity contribution in [2.24, 2.45) is 0 Å². The molecule has 0 radical (unpaired) electrons. The van der Waals surface area contributed by atoms with E-state index >= 15 is 0 Å². The highest BCUT2D eigenvalue weighted by atomic mass is 79.9. The van der Waals surface area contributed by atoms with Gasteiger partial charge in [0.2, 0.25) is 15.7 Å². The van der Waals surface area contributed by atoms with Crippen molar-refractivity contribution in [2.75, 3.05) is 13.7 Å². The normalized spacial score (nSPS) is 12.6. The molecule has 0 fully saturated rings. The van der Waals surface area contributed by atoms with Gasteiger partial charge in [0.05, 0.1) is 17.5 Å². The van der Waals surface area contributed by atoms with Crippen molar-refractivity contribution in [1.82, 2.24) is 9.55 Å². The molecule has 2 aromatic carbocycles. The lowest BCUT2D eigenvalue weighted by atomic mass is 10.1. The van der Waals surface area contributed by atoms with E-state index in [-0.39, 0.29) is 11.5 Å². The molecular formula is C24H27BrN2O5S. The lowest BCUT2D eigenvalue weighted by molar-refractivity contribution is 0.165. The fourth-order valence-electron chi connectivity index (χ4n) is 3.70. The van der Waals surface area contributed by atoms with Gasteiger partial charge < -0.3 is 9.84 Å². The van der Waals surface area contributed by atoms with Crippen LogP contribution in [0, 0.1) is 0 Å². The van der Waals surface area contributed by atoms with Crippen LogP contribution in [0.1, 0.15) is 43.6 Å². The molecule has 1 aromatic heterocycles. The van der Waals surface area contributed by atoms with Gasteiger partial charge in [-0.05, 0) is 36.2 Å². The minimum Gasteiger partial charge on any atom is -0.492 e. The van der Waals surface area contributed by atoms with E-state index in [1.165, 1.54) is 23.8 Å². The first kappa shape index (κ1) is 25.1. The van der Waals surface area contributed by atoms with Gasteiger partial charge in [0.15, 0.2) is 4.90 Å². The average Bonchev–Trinajstić information content (AvgIpc) is 2.79. The molecular weight excluding hydrogens is 508 g/mol. The van der Waals surface area contributed by atoms with Gasteiger partial charge in [0, 0.05) is 18.0 Å². The Morgan fingerprint density at radius 1 is 1.09 bits per heavy atom. The number of aryl methyl sites for hydroxylation is 1. The van der Waals surface area contributed by atoms with Crippen LogP contribution in [0.15, 0.2) is 73.7 Å². The van der Waals surface area contributed by atoms with Crippen LogP contribution in [0.5, 0.6) is 5.88 Å². The van der Waals surface area contributed by atoms with Gasteiger partial charge in [-0.15, -0.1) is 0 Å². The number of benzene rings is 2. The van der Waals surface area contributed by atoms with Gasteiger partial charge in [-0.25, -0.2) is 8.42 Å². The molecule has 7 nitrogen and oxygen atoms in total. The maximum Gasteiger partial charge on any atom is 0.277 e. The lowest BCUT2D eigenvalue weighted by Crippen LogP contribution is -2.35. The molecule has 3 aromatic rings. The zero-order valence-electron chi connectivity index (χ0n) is 18.6. The largest absolute Gasteiger partial charge is 0.492 e. The third kappa shape index (κ3) is 5.54. The van der Waals surface area contributed by atoms with E-state index in [9.17, 15) is 18.3 Å². The molecule has 0 aliphatic heterocycles. The number of aromatic hydroxyl groups is 1. The molecule has 1 heterocycles. The van der Waals surface area contributed by atoms with Crippen LogP contribution in [0.25, 0.3) is 0 Å². The lowest BCUT2D eigenvalue weighted by Gasteiger charge is -2.24. The molecule has 176 valence electrons. The number of nitrogens with zero attached hydrogens (tertiary/aromatic N) is 2. The molecule has 0 aliphatic rings. The fraction of sp³-hybridized carbons (Fsp3) is 0.333. The highest BCUT2D eigenvalue weighted by molar-refractivity contribution is 9.10. The summed E-state index contributed by atoms with van der Waals surface area (Å²) in [5.41, 5.74) is -0.0412. The number of methoxy groups -OCH3 is 1. The molecule has 9 heteroatoms. The van der Waals surface area contributed by atoms with E-state index in [2.05, 4.69) is 27.8 Å². The molecule has 33 heavy (non-hydrogen) atoms. The van der Waals surface area contributed by atoms with E-state index in [1.54, 1.807) is 12.1 Å². The Labute approximate surface area is 202 Å². The Morgan fingerprint density at radius 3 is 2.36 bits per heavy atom. The highest BCUT2D eigenvalue weighted by Crippen LogP contribution is 2.28. The van der Waals surface area contributed by atoms with Crippen LogP contribution >= 0.6 is 15.9 Å². The molecule has 0 saturated carbocycles. The van der Waals surface area contributed by atoms with Gasteiger partial charge in [-0.2, -0.15) is 4.98 Å². The summed E-state index contributed by atoms with van der Waals surface area (Å²) in [4.78, 5) is 17.1. The quantitative estimate of drug-likeness (QED) is 0.384. The first-order chi connectivity index (χ1) is 15.8. The Hall–Kier alpha value is -2.49. The number of unbranched alkanes of at least 4 members (excludes halogenated alkanes) is 2.